The third kappa shape index (κ3) is 7.31. The fourth-order valence-electron chi connectivity index (χ4n) is 0.514. The van der Waals surface area contributed by atoms with Crippen molar-refractivity contribution in [2.75, 3.05) is 0 Å². The fourth-order valence-corrected chi connectivity index (χ4v) is 6.28. The Hall–Kier alpha value is 1.00. The Balaban J connectivity index is 4.67. The van der Waals surface area contributed by atoms with Gasteiger partial charge in [0.25, 0.3) is 0 Å². The summed E-state index contributed by atoms with van der Waals surface area (Å²) in [4.78, 5) is 16.9. The van der Waals surface area contributed by atoms with Gasteiger partial charge in [0.05, 0.1) is 0 Å². The Morgan fingerprint density at radius 2 is 1.71 bits per heavy atom. The highest BCUT2D eigenvalue weighted by molar-refractivity contribution is 8.56. The molecule has 0 aromatic heterocycles. The van der Waals surface area contributed by atoms with Gasteiger partial charge >= 0.3 is 14.6 Å². The molecule has 14 heavy (non-hydrogen) atoms. The lowest BCUT2D eigenvalue weighted by Crippen LogP contribution is -2.07. The Morgan fingerprint density at radius 3 is 1.93 bits per heavy atom. The predicted molar refractivity (Wildman–Crippen MR) is 58.2 cm³/mol. The van der Waals surface area contributed by atoms with Gasteiger partial charge in [0, 0.05) is 4.75 Å². The molecule has 6 nitrogen and oxygen atoms in total. The quantitative estimate of drug-likeness (QED) is 0.414. The van der Waals surface area contributed by atoms with Crippen LogP contribution in [0.2, 0.25) is 0 Å². The van der Waals surface area contributed by atoms with Gasteiger partial charge in [-0.05, 0) is 24.3 Å². The fraction of sp³-hybridized carbons (Fsp3) is 1.00. The Morgan fingerprint density at radius 1 is 1.29 bits per heavy atom. The Bertz CT molecular complexity index is 280. The second kappa shape index (κ2) is 4.89. The molecule has 0 aromatic carbocycles. The van der Waals surface area contributed by atoms with Crippen LogP contribution in [0.5, 0.6) is 0 Å². The molecule has 0 saturated carbocycles. The molecule has 0 saturated heterocycles. The van der Waals surface area contributed by atoms with Crippen molar-refractivity contribution in [2.45, 2.75) is 25.5 Å². The molecule has 1 atom stereocenters. The molecular formula is C4H12O6P2S2. The SMILES string of the molecule is CC(C)(C)SP(=O)(OS)OP(=O)(O)O. The lowest BCUT2D eigenvalue weighted by atomic mass is 10.3. The summed E-state index contributed by atoms with van der Waals surface area (Å²) in [5.74, 6) is 0. The summed E-state index contributed by atoms with van der Waals surface area (Å²) < 4.78 is 29.7. The molecule has 0 fully saturated rings. The molecule has 0 amide bonds. The van der Waals surface area contributed by atoms with Crippen molar-refractivity contribution >= 4 is 38.9 Å². The summed E-state index contributed by atoms with van der Waals surface area (Å²) in [6.45, 7) is 1.16. The standard InChI is InChI=1S/C4H12O6P2S2/c1-4(2,3)14-12(8,10-13)9-11(5,6)7/h13H,1-3H3,(H2,5,6,7). The lowest BCUT2D eigenvalue weighted by molar-refractivity contribution is 0.276. The molecular weight excluding hydrogens is 270 g/mol. The summed E-state index contributed by atoms with van der Waals surface area (Å²) >= 11 is 3.95. The average Bonchev–Trinajstić information content (AvgIpc) is 1.78. The Kier molecular flexibility index (Phi) is 5.24. The zero-order chi connectivity index (χ0) is 11.6. The van der Waals surface area contributed by atoms with Gasteiger partial charge in [-0.3, -0.25) is 0 Å². The molecule has 10 heteroatoms. The average molecular weight is 282 g/mol. The minimum Gasteiger partial charge on any atom is -0.302 e. The van der Waals surface area contributed by atoms with Gasteiger partial charge in [0.15, 0.2) is 0 Å². The molecule has 1 unspecified atom stereocenters. The molecule has 0 aliphatic rings. The van der Waals surface area contributed by atoms with E-state index in [-0.39, 0.29) is 0 Å². The van der Waals surface area contributed by atoms with Crippen LogP contribution in [0.4, 0.5) is 0 Å². The number of hydrogen-bond donors (Lipinski definition) is 3. The van der Waals surface area contributed by atoms with Crippen LogP contribution in [0.1, 0.15) is 20.8 Å². The molecule has 86 valence electrons. The van der Waals surface area contributed by atoms with Crippen LogP contribution in [-0.2, 0) is 17.4 Å². The number of phosphoric acid groups is 1. The third-order valence-corrected chi connectivity index (χ3v) is 7.43. The van der Waals surface area contributed by atoms with Gasteiger partial charge in [0.2, 0.25) is 0 Å². The summed E-state index contributed by atoms with van der Waals surface area (Å²) in [7, 11) is -4.85. The lowest BCUT2D eigenvalue weighted by Gasteiger charge is -2.22. The summed E-state index contributed by atoms with van der Waals surface area (Å²) in [5, 5.41) is 0. The number of rotatable bonds is 4. The largest absolute Gasteiger partial charge is 0.477 e. The minimum atomic E-state index is -4.85. The van der Waals surface area contributed by atoms with E-state index < -0.39 is 19.4 Å². The highest BCUT2D eigenvalue weighted by Crippen LogP contribution is 2.71. The monoisotopic (exact) mass is 282 g/mol. The first-order chi connectivity index (χ1) is 5.97. The first-order valence-corrected chi connectivity index (χ1v) is 8.24. The molecule has 2 N–H and O–H groups in total. The highest BCUT2D eigenvalue weighted by Gasteiger charge is 2.38. The number of hydrogen-bond acceptors (Lipinski definition) is 6. The zero-order valence-electron chi connectivity index (χ0n) is 7.78. The van der Waals surface area contributed by atoms with Gasteiger partial charge in [-0.2, -0.15) is 4.31 Å². The summed E-state index contributed by atoms with van der Waals surface area (Å²) in [6.07, 6.45) is 0. The molecule has 0 bridgehead atoms. The van der Waals surface area contributed by atoms with E-state index in [4.69, 9.17) is 9.79 Å². The molecule has 0 aromatic rings. The van der Waals surface area contributed by atoms with E-state index in [9.17, 15) is 9.13 Å². The summed E-state index contributed by atoms with van der Waals surface area (Å²) in [5.41, 5.74) is 0. The van der Waals surface area contributed by atoms with Crippen LogP contribution in [0.15, 0.2) is 0 Å². The van der Waals surface area contributed by atoms with Gasteiger partial charge in [-0.25, -0.2) is 13.1 Å². The van der Waals surface area contributed by atoms with Crippen LogP contribution in [0.3, 0.4) is 0 Å². The van der Waals surface area contributed by atoms with Crippen molar-refractivity contribution in [1.29, 1.82) is 0 Å². The summed E-state index contributed by atoms with van der Waals surface area (Å²) in [6, 6.07) is 0. The van der Waals surface area contributed by atoms with Crippen molar-refractivity contribution in [3.05, 3.63) is 0 Å². The van der Waals surface area contributed by atoms with Gasteiger partial charge in [-0.1, -0.05) is 20.8 Å². The van der Waals surface area contributed by atoms with Crippen LogP contribution < -0.4 is 0 Å². The second-order valence-electron chi connectivity index (χ2n) is 3.30. The molecule has 0 rings (SSSR count). The smallest absolute Gasteiger partial charge is 0.302 e. The van der Waals surface area contributed by atoms with Gasteiger partial charge < -0.3 is 9.79 Å². The molecule has 0 radical (unpaired) electrons. The maximum absolute atomic E-state index is 11.6. The van der Waals surface area contributed by atoms with Crippen LogP contribution in [0.25, 0.3) is 0 Å². The van der Waals surface area contributed by atoms with Crippen molar-refractivity contribution in [3.8, 4) is 0 Å². The van der Waals surface area contributed by atoms with Crippen molar-refractivity contribution < 1.29 is 27.2 Å². The molecule has 0 spiro atoms. The van der Waals surface area contributed by atoms with Crippen LogP contribution >= 0.6 is 38.9 Å². The third-order valence-electron chi connectivity index (χ3n) is 0.692. The van der Waals surface area contributed by atoms with E-state index in [0.717, 1.165) is 0 Å². The van der Waals surface area contributed by atoms with Crippen LogP contribution in [0, 0.1) is 0 Å². The predicted octanol–water partition coefficient (Wildman–Crippen LogP) is 2.60. The van der Waals surface area contributed by atoms with E-state index in [1.54, 1.807) is 20.8 Å². The van der Waals surface area contributed by atoms with Crippen LogP contribution in [-0.4, -0.2) is 14.5 Å². The second-order valence-corrected chi connectivity index (χ2v) is 9.78. The molecule has 0 aliphatic heterocycles. The van der Waals surface area contributed by atoms with Crippen molar-refractivity contribution in [3.63, 3.8) is 0 Å². The molecule has 0 aliphatic carbocycles. The Labute approximate surface area is 91.9 Å². The maximum Gasteiger partial charge on any atom is 0.477 e. The topological polar surface area (TPSA) is 93.1 Å². The first kappa shape index (κ1) is 15.0. The molecule has 0 heterocycles. The zero-order valence-corrected chi connectivity index (χ0v) is 11.3. The normalized spacial score (nSPS) is 17.9. The van der Waals surface area contributed by atoms with Crippen molar-refractivity contribution in [2.24, 2.45) is 0 Å². The van der Waals surface area contributed by atoms with Crippen molar-refractivity contribution in [1.82, 2.24) is 0 Å². The highest BCUT2D eigenvalue weighted by atomic mass is 32.7. The number of thiol groups is 1. The van der Waals surface area contributed by atoms with E-state index in [1.165, 1.54) is 0 Å². The maximum atomic E-state index is 11.6. The minimum absolute atomic E-state index is 0.534. The van der Waals surface area contributed by atoms with E-state index in [1.807, 2.05) is 0 Å². The van der Waals surface area contributed by atoms with E-state index in [2.05, 4.69) is 21.2 Å². The first-order valence-electron chi connectivity index (χ1n) is 3.38. The van der Waals surface area contributed by atoms with E-state index >= 15 is 0 Å². The van der Waals surface area contributed by atoms with Gasteiger partial charge in [-0.15, -0.1) is 0 Å². The van der Waals surface area contributed by atoms with Gasteiger partial charge in [0.1, 0.15) is 0 Å². The van der Waals surface area contributed by atoms with E-state index in [0.29, 0.717) is 11.4 Å².